The third-order valence-corrected chi connectivity index (χ3v) is 2.66. The fraction of sp³-hybridized carbons (Fsp3) is 0.600. The molecule has 0 heterocycles. The Labute approximate surface area is 119 Å². The molecule has 3 nitrogen and oxygen atoms in total. The lowest BCUT2D eigenvalue weighted by molar-refractivity contribution is -0.0498. The van der Waals surface area contributed by atoms with Gasteiger partial charge in [-0.2, -0.15) is 8.78 Å². The molecule has 0 aliphatic rings. The Balaban J connectivity index is 2.16. The van der Waals surface area contributed by atoms with E-state index in [-0.39, 0.29) is 11.3 Å². The number of benzene rings is 1. The van der Waals surface area contributed by atoms with Gasteiger partial charge in [-0.15, -0.1) is 0 Å². The number of ether oxygens (including phenoxy) is 1. The lowest BCUT2D eigenvalue weighted by Gasteiger charge is -2.20. The van der Waals surface area contributed by atoms with E-state index in [1.54, 1.807) is 24.3 Å². The standard InChI is InChI=1S/C15H24F2N2O/c1-15(2,3)19-10-4-9-18-11-12-5-7-13(8-6-12)20-14(16)17/h5-8,14,18-19H,4,9-11H2,1-3H3. The molecule has 5 heteroatoms. The maximum Gasteiger partial charge on any atom is 0.387 e. The van der Waals surface area contributed by atoms with Crippen LogP contribution in [-0.2, 0) is 6.54 Å². The van der Waals surface area contributed by atoms with Crippen LogP contribution in [0.15, 0.2) is 24.3 Å². The summed E-state index contributed by atoms with van der Waals surface area (Å²) < 4.78 is 28.3. The molecule has 20 heavy (non-hydrogen) atoms. The second kappa shape index (κ2) is 8.17. The van der Waals surface area contributed by atoms with Gasteiger partial charge in [0.25, 0.3) is 0 Å². The van der Waals surface area contributed by atoms with Crippen LogP contribution in [0.4, 0.5) is 8.78 Å². The van der Waals surface area contributed by atoms with Crippen molar-refractivity contribution in [2.24, 2.45) is 0 Å². The van der Waals surface area contributed by atoms with E-state index in [9.17, 15) is 8.78 Å². The normalized spacial score (nSPS) is 11.9. The molecular formula is C15H24F2N2O. The molecule has 0 atom stereocenters. The SMILES string of the molecule is CC(C)(C)NCCCNCc1ccc(OC(F)F)cc1. The van der Waals surface area contributed by atoms with Gasteiger partial charge in [0.1, 0.15) is 5.75 Å². The molecule has 0 saturated heterocycles. The largest absolute Gasteiger partial charge is 0.435 e. The van der Waals surface area contributed by atoms with Crippen LogP contribution in [0.2, 0.25) is 0 Å². The van der Waals surface area contributed by atoms with Crippen molar-refractivity contribution in [2.45, 2.75) is 45.9 Å². The minimum Gasteiger partial charge on any atom is -0.435 e. The van der Waals surface area contributed by atoms with Gasteiger partial charge in [0, 0.05) is 12.1 Å². The van der Waals surface area contributed by atoms with Crippen molar-refractivity contribution in [3.8, 4) is 5.75 Å². The molecule has 0 fully saturated rings. The van der Waals surface area contributed by atoms with Crippen LogP contribution >= 0.6 is 0 Å². The first-order chi connectivity index (χ1) is 9.37. The van der Waals surface area contributed by atoms with Crippen LogP contribution in [0.25, 0.3) is 0 Å². The highest BCUT2D eigenvalue weighted by Crippen LogP contribution is 2.14. The van der Waals surface area contributed by atoms with Crippen LogP contribution in [0.5, 0.6) is 5.75 Å². The monoisotopic (exact) mass is 286 g/mol. The topological polar surface area (TPSA) is 33.3 Å². The van der Waals surface area contributed by atoms with Gasteiger partial charge in [-0.25, -0.2) is 0 Å². The number of rotatable bonds is 8. The average Bonchev–Trinajstić information content (AvgIpc) is 2.33. The summed E-state index contributed by atoms with van der Waals surface area (Å²) in [4.78, 5) is 0. The van der Waals surface area contributed by atoms with Gasteiger partial charge in [-0.3, -0.25) is 0 Å². The molecule has 0 unspecified atom stereocenters. The number of hydrogen-bond donors (Lipinski definition) is 2. The van der Waals surface area contributed by atoms with E-state index in [1.807, 2.05) is 0 Å². The van der Waals surface area contributed by atoms with E-state index < -0.39 is 6.61 Å². The summed E-state index contributed by atoms with van der Waals surface area (Å²) in [7, 11) is 0. The first kappa shape index (κ1) is 16.9. The van der Waals surface area contributed by atoms with E-state index in [2.05, 4.69) is 36.1 Å². The molecule has 0 aliphatic heterocycles. The van der Waals surface area contributed by atoms with Gasteiger partial charge in [0.2, 0.25) is 0 Å². The smallest absolute Gasteiger partial charge is 0.387 e. The number of nitrogens with one attached hydrogen (secondary N) is 2. The first-order valence-corrected chi connectivity index (χ1v) is 6.86. The summed E-state index contributed by atoms with van der Waals surface area (Å²) in [5.41, 5.74) is 1.20. The lowest BCUT2D eigenvalue weighted by Crippen LogP contribution is -2.37. The molecule has 0 aliphatic carbocycles. The van der Waals surface area contributed by atoms with Crippen molar-refractivity contribution < 1.29 is 13.5 Å². The van der Waals surface area contributed by atoms with Gasteiger partial charge in [0.05, 0.1) is 0 Å². The number of halogens is 2. The van der Waals surface area contributed by atoms with E-state index >= 15 is 0 Å². The minimum absolute atomic E-state index is 0.153. The Morgan fingerprint density at radius 3 is 2.30 bits per heavy atom. The summed E-state index contributed by atoms with van der Waals surface area (Å²) in [5, 5.41) is 6.74. The summed E-state index contributed by atoms with van der Waals surface area (Å²) in [6, 6.07) is 6.70. The highest BCUT2D eigenvalue weighted by molar-refractivity contribution is 5.27. The highest BCUT2D eigenvalue weighted by atomic mass is 19.3. The van der Waals surface area contributed by atoms with Crippen LogP contribution in [0, 0.1) is 0 Å². The van der Waals surface area contributed by atoms with Gasteiger partial charge < -0.3 is 15.4 Å². The van der Waals surface area contributed by atoms with Crippen LogP contribution in [0.1, 0.15) is 32.8 Å². The second-order valence-corrected chi connectivity index (χ2v) is 5.73. The molecule has 0 saturated carbocycles. The Kier molecular flexibility index (Phi) is 6.88. The second-order valence-electron chi connectivity index (χ2n) is 5.73. The first-order valence-electron chi connectivity index (χ1n) is 6.86. The summed E-state index contributed by atoms with van der Waals surface area (Å²) in [6.45, 7) is 6.27. The van der Waals surface area contributed by atoms with Crippen molar-refractivity contribution in [1.29, 1.82) is 0 Å². The van der Waals surface area contributed by atoms with Crippen molar-refractivity contribution in [2.75, 3.05) is 13.1 Å². The Morgan fingerprint density at radius 2 is 1.75 bits per heavy atom. The maximum atomic E-state index is 12.0. The summed E-state index contributed by atoms with van der Waals surface area (Å²) in [6.07, 6.45) is 1.05. The maximum absolute atomic E-state index is 12.0. The zero-order valence-electron chi connectivity index (χ0n) is 12.4. The van der Waals surface area contributed by atoms with E-state index in [0.29, 0.717) is 0 Å². The van der Waals surface area contributed by atoms with Crippen molar-refractivity contribution in [3.05, 3.63) is 29.8 Å². The highest BCUT2D eigenvalue weighted by Gasteiger charge is 2.07. The van der Waals surface area contributed by atoms with E-state index in [4.69, 9.17) is 0 Å². The molecule has 114 valence electrons. The minimum atomic E-state index is -2.77. The molecular weight excluding hydrogens is 262 g/mol. The van der Waals surface area contributed by atoms with Crippen LogP contribution in [-0.4, -0.2) is 25.2 Å². The summed E-state index contributed by atoms with van der Waals surface area (Å²) >= 11 is 0. The van der Waals surface area contributed by atoms with E-state index in [0.717, 1.165) is 31.6 Å². The van der Waals surface area contributed by atoms with Gasteiger partial charge in [0.15, 0.2) is 0 Å². The van der Waals surface area contributed by atoms with Gasteiger partial charge in [-0.1, -0.05) is 12.1 Å². The zero-order chi connectivity index (χ0) is 15.0. The fourth-order valence-corrected chi connectivity index (χ4v) is 1.70. The molecule has 0 spiro atoms. The van der Waals surface area contributed by atoms with Gasteiger partial charge >= 0.3 is 6.61 Å². The van der Waals surface area contributed by atoms with Crippen LogP contribution in [0.3, 0.4) is 0 Å². The Bertz CT molecular complexity index is 374. The third kappa shape index (κ3) is 8.07. The Hall–Kier alpha value is -1.20. The number of alkyl halides is 2. The van der Waals surface area contributed by atoms with Crippen molar-refractivity contribution in [3.63, 3.8) is 0 Å². The lowest BCUT2D eigenvalue weighted by atomic mass is 10.1. The number of hydrogen-bond acceptors (Lipinski definition) is 3. The molecule has 1 rings (SSSR count). The average molecular weight is 286 g/mol. The molecule has 0 radical (unpaired) electrons. The molecule has 0 bridgehead atoms. The quantitative estimate of drug-likeness (QED) is 0.720. The summed E-state index contributed by atoms with van der Waals surface area (Å²) in [5.74, 6) is 0.193. The predicted molar refractivity (Wildman–Crippen MR) is 77.2 cm³/mol. The van der Waals surface area contributed by atoms with E-state index in [1.165, 1.54) is 0 Å². The zero-order valence-corrected chi connectivity index (χ0v) is 12.4. The predicted octanol–water partition coefficient (Wildman–Crippen LogP) is 3.16. The molecule has 1 aromatic rings. The van der Waals surface area contributed by atoms with Crippen molar-refractivity contribution in [1.82, 2.24) is 10.6 Å². The fourth-order valence-electron chi connectivity index (χ4n) is 1.70. The molecule has 1 aromatic carbocycles. The molecule has 0 aromatic heterocycles. The molecule has 0 amide bonds. The van der Waals surface area contributed by atoms with Crippen molar-refractivity contribution >= 4 is 0 Å². The van der Waals surface area contributed by atoms with Gasteiger partial charge in [-0.05, 0) is 58.0 Å². The molecule has 2 N–H and O–H groups in total. The van der Waals surface area contributed by atoms with Crippen LogP contribution < -0.4 is 15.4 Å². The Morgan fingerprint density at radius 1 is 1.10 bits per heavy atom. The third-order valence-electron chi connectivity index (χ3n) is 2.66.